The number of hydrogen-bond acceptors (Lipinski definition) is 4. The standard InChI is InChI=1S/C25H26N4O2S/c1-2-13-28(25(31)27-22-11-6-10-21(15-22)16-26)19-24(30)29(18-23-12-7-14-32-23)17-20-8-4-3-5-9-20/h3-12,14-15H,2,13,17-19H2,1H3,(H,27,31). The molecule has 6 nitrogen and oxygen atoms in total. The van der Waals surface area contributed by atoms with Crippen LogP contribution in [0, 0.1) is 11.3 Å². The van der Waals surface area contributed by atoms with Gasteiger partial charge in [0.25, 0.3) is 0 Å². The molecule has 0 saturated heterocycles. The molecule has 3 rings (SSSR count). The summed E-state index contributed by atoms with van der Waals surface area (Å²) in [7, 11) is 0. The summed E-state index contributed by atoms with van der Waals surface area (Å²) in [5.74, 6) is -0.114. The van der Waals surface area contributed by atoms with Crippen molar-refractivity contribution in [2.75, 3.05) is 18.4 Å². The minimum absolute atomic E-state index is 0.0180. The second-order valence-electron chi connectivity index (χ2n) is 7.36. The van der Waals surface area contributed by atoms with Crippen molar-refractivity contribution < 1.29 is 9.59 Å². The quantitative estimate of drug-likeness (QED) is 0.497. The monoisotopic (exact) mass is 446 g/mol. The van der Waals surface area contributed by atoms with E-state index in [-0.39, 0.29) is 18.5 Å². The highest BCUT2D eigenvalue weighted by molar-refractivity contribution is 7.09. The van der Waals surface area contributed by atoms with Crippen molar-refractivity contribution in [3.05, 3.63) is 88.1 Å². The molecule has 0 aliphatic heterocycles. The SMILES string of the molecule is CCCN(CC(=O)N(Cc1ccccc1)Cc1cccs1)C(=O)Nc1cccc(C#N)c1. The van der Waals surface area contributed by atoms with Crippen LogP contribution in [0.4, 0.5) is 10.5 Å². The fraction of sp³-hybridized carbons (Fsp3) is 0.240. The average Bonchev–Trinajstić information content (AvgIpc) is 3.32. The van der Waals surface area contributed by atoms with Crippen molar-refractivity contribution in [1.29, 1.82) is 5.26 Å². The Labute approximate surface area is 192 Å². The van der Waals surface area contributed by atoms with Gasteiger partial charge in [0.1, 0.15) is 6.54 Å². The molecule has 7 heteroatoms. The van der Waals surface area contributed by atoms with Crippen LogP contribution in [0.1, 0.15) is 29.3 Å². The molecule has 2 aromatic carbocycles. The van der Waals surface area contributed by atoms with Crippen LogP contribution in [0.2, 0.25) is 0 Å². The third-order valence-corrected chi connectivity index (χ3v) is 5.71. The van der Waals surface area contributed by atoms with Crippen molar-refractivity contribution in [1.82, 2.24) is 9.80 Å². The minimum Gasteiger partial charge on any atom is -0.332 e. The number of urea groups is 1. The normalized spacial score (nSPS) is 10.2. The van der Waals surface area contributed by atoms with Crippen LogP contribution in [0.3, 0.4) is 0 Å². The number of amides is 3. The first kappa shape index (κ1) is 23.0. The summed E-state index contributed by atoms with van der Waals surface area (Å²) < 4.78 is 0. The van der Waals surface area contributed by atoms with E-state index < -0.39 is 0 Å². The van der Waals surface area contributed by atoms with Gasteiger partial charge in [0, 0.05) is 23.7 Å². The Morgan fingerprint density at radius 3 is 2.50 bits per heavy atom. The van der Waals surface area contributed by atoms with E-state index >= 15 is 0 Å². The lowest BCUT2D eigenvalue weighted by Gasteiger charge is -2.27. The Kier molecular flexibility index (Phi) is 8.41. The molecule has 0 fully saturated rings. The summed E-state index contributed by atoms with van der Waals surface area (Å²) in [6, 6.07) is 22.3. The summed E-state index contributed by atoms with van der Waals surface area (Å²) in [5, 5.41) is 13.9. The smallest absolute Gasteiger partial charge is 0.322 e. The lowest BCUT2D eigenvalue weighted by atomic mass is 10.2. The molecule has 0 aliphatic rings. The lowest BCUT2D eigenvalue weighted by Crippen LogP contribution is -2.44. The zero-order valence-corrected chi connectivity index (χ0v) is 18.8. The second-order valence-corrected chi connectivity index (χ2v) is 8.39. The van der Waals surface area contributed by atoms with Gasteiger partial charge in [-0.3, -0.25) is 4.79 Å². The second kappa shape index (κ2) is 11.7. The van der Waals surface area contributed by atoms with Gasteiger partial charge in [-0.25, -0.2) is 4.79 Å². The maximum Gasteiger partial charge on any atom is 0.322 e. The number of nitriles is 1. The molecule has 0 spiro atoms. The molecule has 164 valence electrons. The van der Waals surface area contributed by atoms with Crippen molar-refractivity contribution >= 4 is 29.0 Å². The van der Waals surface area contributed by atoms with Crippen LogP contribution in [0.5, 0.6) is 0 Å². The molecule has 0 radical (unpaired) electrons. The Balaban J connectivity index is 1.72. The minimum atomic E-state index is -0.355. The number of benzene rings is 2. The lowest BCUT2D eigenvalue weighted by molar-refractivity contribution is -0.133. The summed E-state index contributed by atoms with van der Waals surface area (Å²) >= 11 is 1.61. The molecule has 0 unspecified atom stereocenters. The number of rotatable bonds is 9. The van der Waals surface area contributed by atoms with E-state index in [9.17, 15) is 9.59 Å². The van der Waals surface area contributed by atoms with E-state index in [0.717, 1.165) is 16.9 Å². The molecule has 32 heavy (non-hydrogen) atoms. The summed E-state index contributed by atoms with van der Waals surface area (Å²) in [6.07, 6.45) is 0.725. The molecule has 1 N–H and O–H groups in total. The zero-order valence-electron chi connectivity index (χ0n) is 18.0. The maximum absolute atomic E-state index is 13.3. The Bertz CT molecular complexity index is 1060. The van der Waals surface area contributed by atoms with Crippen molar-refractivity contribution in [2.24, 2.45) is 0 Å². The third kappa shape index (κ3) is 6.69. The topological polar surface area (TPSA) is 76.4 Å². The van der Waals surface area contributed by atoms with Crippen LogP contribution >= 0.6 is 11.3 Å². The van der Waals surface area contributed by atoms with Gasteiger partial charge in [-0.2, -0.15) is 5.26 Å². The zero-order chi connectivity index (χ0) is 22.8. The first-order valence-corrected chi connectivity index (χ1v) is 11.4. The molecule has 1 aromatic heterocycles. The number of carbonyl (C=O) groups is 2. The van der Waals surface area contributed by atoms with Crippen LogP contribution in [0.25, 0.3) is 0 Å². The molecule has 1 heterocycles. The average molecular weight is 447 g/mol. The van der Waals surface area contributed by atoms with Gasteiger partial charge in [-0.05, 0) is 41.6 Å². The molecule has 0 saturated carbocycles. The molecule has 3 aromatic rings. The van der Waals surface area contributed by atoms with E-state index in [1.165, 1.54) is 4.90 Å². The van der Waals surface area contributed by atoms with Crippen LogP contribution in [-0.4, -0.2) is 34.8 Å². The fourth-order valence-corrected chi connectivity index (χ4v) is 4.00. The predicted octanol–water partition coefficient (Wildman–Crippen LogP) is 5.09. The number of thiophene rings is 1. The molecule has 0 bridgehead atoms. The first-order chi connectivity index (χ1) is 15.6. The van der Waals surface area contributed by atoms with E-state index in [2.05, 4.69) is 11.4 Å². The van der Waals surface area contributed by atoms with Crippen LogP contribution < -0.4 is 5.32 Å². The van der Waals surface area contributed by atoms with E-state index in [4.69, 9.17) is 5.26 Å². The maximum atomic E-state index is 13.3. The van der Waals surface area contributed by atoms with Gasteiger partial charge in [0.15, 0.2) is 0 Å². The molecular weight excluding hydrogens is 420 g/mol. The van der Waals surface area contributed by atoms with E-state index in [1.807, 2.05) is 54.8 Å². The Hall–Kier alpha value is -3.63. The van der Waals surface area contributed by atoms with Gasteiger partial charge in [-0.15, -0.1) is 11.3 Å². The van der Waals surface area contributed by atoms with Crippen LogP contribution in [0.15, 0.2) is 72.1 Å². The van der Waals surface area contributed by atoms with E-state index in [1.54, 1.807) is 40.5 Å². The van der Waals surface area contributed by atoms with Gasteiger partial charge in [-0.1, -0.05) is 49.4 Å². The van der Waals surface area contributed by atoms with Gasteiger partial charge in [0.2, 0.25) is 5.91 Å². The highest BCUT2D eigenvalue weighted by Crippen LogP contribution is 2.16. The number of carbonyl (C=O) groups excluding carboxylic acids is 2. The first-order valence-electron chi connectivity index (χ1n) is 10.5. The number of nitrogens with one attached hydrogen (secondary N) is 1. The summed E-state index contributed by atoms with van der Waals surface area (Å²) in [6.45, 7) is 3.37. The number of anilines is 1. The van der Waals surface area contributed by atoms with Crippen molar-refractivity contribution in [3.63, 3.8) is 0 Å². The Morgan fingerprint density at radius 2 is 1.81 bits per heavy atom. The van der Waals surface area contributed by atoms with Gasteiger partial charge >= 0.3 is 6.03 Å². The fourth-order valence-electron chi connectivity index (χ4n) is 3.28. The van der Waals surface area contributed by atoms with Crippen LogP contribution in [-0.2, 0) is 17.9 Å². The third-order valence-electron chi connectivity index (χ3n) is 4.85. The Morgan fingerprint density at radius 1 is 1.00 bits per heavy atom. The predicted molar refractivity (Wildman–Crippen MR) is 127 cm³/mol. The van der Waals surface area contributed by atoms with Crippen molar-refractivity contribution in [3.8, 4) is 6.07 Å². The van der Waals surface area contributed by atoms with Gasteiger partial charge < -0.3 is 15.1 Å². The number of hydrogen-bond donors (Lipinski definition) is 1. The highest BCUT2D eigenvalue weighted by Gasteiger charge is 2.22. The molecule has 0 aliphatic carbocycles. The largest absolute Gasteiger partial charge is 0.332 e. The van der Waals surface area contributed by atoms with Crippen molar-refractivity contribution in [2.45, 2.75) is 26.4 Å². The number of nitrogens with zero attached hydrogens (tertiary/aromatic N) is 3. The summed E-state index contributed by atoms with van der Waals surface area (Å²) in [5.41, 5.74) is 2.03. The highest BCUT2D eigenvalue weighted by atomic mass is 32.1. The molecule has 3 amide bonds. The van der Waals surface area contributed by atoms with Gasteiger partial charge in [0.05, 0.1) is 18.2 Å². The molecule has 0 atom stereocenters. The summed E-state index contributed by atoms with van der Waals surface area (Å²) in [4.78, 5) is 30.6. The van der Waals surface area contributed by atoms with E-state index in [0.29, 0.717) is 30.9 Å². The molecular formula is C25H26N4O2S.